The summed E-state index contributed by atoms with van der Waals surface area (Å²) in [5.41, 5.74) is 0.262. The quantitative estimate of drug-likeness (QED) is 0.483. The topological polar surface area (TPSA) is 55.8 Å². The molecule has 0 radical (unpaired) electrons. The lowest BCUT2D eigenvalue weighted by atomic mass is 10.3. The van der Waals surface area contributed by atoms with Gasteiger partial charge in [0, 0.05) is 5.57 Å². The molecule has 0 unspecified atom stereocenters. The Morgan fingerprint density at radius 2 is 2.06 bits per heavy atom. The second-order valence-corrected chi connectivity index (χ2v) is 3.40. The van der Waals surface area contributed by atoms with Crippen molar-refractivity contribution in [2.45, 2.75) is 6.92 Å². The highest BCUT2D eigenvalue weighted by Crippen LogP contribution is 2.09. The van der Waals surface area contributed by atoms with Crippen LogP contribution in [0.5, 0.6) is 5.75 Å². The van der Waals surface area contributed by atoms with Crippen molar-refractivity contribution in [2.75, 3.05) is 6.61 Å². The normalized spacial score (nSPS) is 10.8. The third kappa shape index (κ3) is 4.88. The van der Waals surface area contributed by atoms with Crippen molar-refractivity contribution in [1.29, 1.82) is 0 Å². The summed E-state index contributed by atoms with van der Waals surface area (Å²) in [6, 6.07) is 9.01. The Labute approximate surface area is 99.8 Å². The summed E-state index contributed by atoms with van der Waals surface area (Å²) >= 11 is 0. The second-order valence-electron chi connectivity index (χ2n) is 3.40. The van der Waals surface area contributed by atoms with Gasteiger partial charge in [0.15, 0.2) is 5.76 Å². The van der Waals surface area contributed by atoms with Crippen LogP contribution < -0.4 is 4.74 Å². The van der Waals surface area contributed by atoms with Crippen LogP contribution in [0.1, 0.15) is 6.92 Å². The number of ether oxygens (including phenoxy) is 2. The lowest BCUT2D eigenvalue weighted by Gasteiger charge is -2.05. The first-order valence-electron chi connectivity index (χ1n) is 5.02. The minimum Gasteiger partial charge on any atom is -0.506 e. The highest BCUT2D eigenvalue weighted by atomic mass is 16.5. The summed E-state index contributed by atoms with van der Waals surface area (Å²) in [5.74, 6) is -0.140. The van der Waals surface area contributed by atoms with Crippen molar-refractivity contribution in [3.63, 3.8) is 0 Å². The van der Waals surface area contributed by atoms with Crippen molar-refractivity contribution in [1.82, 2.24) is 0 Å². The first-order chi connectivity index (χ1) is 8.09. The summed E-state index contributed by atoms with van der Waals surface area (Å²) in [6.07, 6.45) is 0.944. The van der Waals surface area contributed by atoms with Gasteiger partial charge in [0.25, 0.3) is 0 Å². The van der Waals surface area contributed by atoms with Crippen LogP contribution in [0.15, 0.2) is 54.5 Å². The Hall–Kier alpha value is -2.23. The zero-order valence-corrected chi connectivity index (χ0v) is 9.55. The predicted octanol–water partition coefficient (Wildman–Crippen LogP) is 2.58. The minimum absolute atomic E-state index is 0.0620. The number of esters is 1. The molecule has 0 fully saturated rings. The molecular formula is C13H14O4. The van der Waals surface area contributed by atoms with Crippen LogP contribution in [0.4, 0.5) is 0 Å². The Morgan fingerprint density at radius 3 is 2.65 bits per heavy atom. The molecule has 90 valence electrons. The number of carbonyl (C=O) groups excluding carboxylic acids is 1. The van der Waals surface area contributed by atoms with Crippen molar-refractivity contribution < 1.29 is 19.4 Å². The lowest BCUT2D eigenvalue weighted by Crippen LogP contribution is -2.04. The molecule has 4 nitrogen and oxygen atoms in total. The third-order valence-electron chi connectivity index (χ3n) is 1.78. The van der Waals surface area contributed by atoms with Gasteiger partial charge in [0.2, 0.25) is 0 Å². The molecule has 1 aromatic carbocycles. The van der Waals surface area contributed by atoms with E-state index in [1.807, 2.05) is 18.2 Å². The molecule has 0 aliphatic rings. The molecule has 0 atom stereocenters. The Morgan fingerprint density at radius 1 is 1.41 bits per heavy atom. The van der Waals surface area contributed by atoms with E-state index in [4.69, 9.17) is 4.74 Å². The van der Waals surface area contributed by atoms with Gasteiger partial charge in [-0.1, -0.05) is 24.8 Å². The third-order valence-corrected chi connectivity index (χ3v) is 1.78. The van der Waals surface area contributed by atoms with Crippen LogP contribution in [0.25, 0.3) is 0 Å². The maximum Gasteiger partial charge on any atom is 0.338 e. The molecule has 0 spiro atoms. The number of benzene rings is 1. The summed E-state index contributed by atoms with van der Waals surface area (Å²) in [6.45, 7) is 4.87. The van der Waals surface area contributed by atoms with Crippen LogP contribution >= 0.6 is 0 Å². The van der Waals surface area contributed by atoms with E-state index < -0.39 is 5.97 Å². The standard InChI is InChI=1S/C13H14O4/c1-10(2)13(15)17-9-11(14)8-16-12-6-4-3-5-7-12/h3-7,9,14H,1,8H2,2H3. The van der Waals surface area contributed by atoms with E-state index in [1.165, 1.54) is 6.92 Å². The fourth-order valence-corrected chi connectivity index (χ4v) is 0.930. The van der Waals surface area contributed by atoms with Gasteiger partial charge in [-0.15, -0.1) is 0 Å². The molecule has 0 amide bonds. The first kappa shape index (κ1) is 12.8. The Kier molecular flexibility index (Phi) is 4.81. The highest BCUT2D eigenvalue weighted by molar-refractivity contribution is 5.87. The number of carbonyl (C=O) groups is 1. The van der Waals surface area contributed by atoms with E-state index in [9.17, 15) is 9.90 Å². The van der Waals surface area contributed by atoms with Crippen LogP contribution in [-0.4, -0.2) is 17.7 Å². The zero-order valence-electron chi connectivity index (χ0n) is 9.55. The van der Waals surface area contributed by atoms with Gasteiger partial charge >= 0.3 is 5.97 Å². The number of hydrogen-bond donors (Lipinski definition) is 1. The SMILES string of the molecule is C=C(C)C(=O)OC=C(O)COc1ccccc1. The van der Waals surface area contributed by atoms with Crippen LogP contribution in [0.3, 0.4) is 0 Å². The molecule has 0 aliphatic carbocycles. The smallest absolute Gasteiger partial charge is 0.338 e. The predicted molar refractivity (Wildman–Crippen MR) is 63.6 cm³/mol. The highest BCUT2D eigenvalue weighted by Gasteiger charge is 2.02. The number of para-hydroxylation sites is 1. The zero-order chi connectivity index (χ0) is 12.7. The Balaban J connectivity index is 2.39. The van der Waals surface area contributed by atoms with E-state index in [0.29, 0.717) is 5.75 Å². The molecule has 4 heteroatoms. The van der Waals surface area contributed by atoms with Gasteiger partial charge in [0.05, 0.1) is 0 Å². The molecular weight excluding hydrogens is 220 g/mol. The fraction of sp³-hybridized carbons (Fsp3) is 0.154. The molecule has 0 saturated heterocycles. The van der Waals surface area contributed by atoms with E-state index >= 15 is 0 Å². The lowest BCUT2D eigenvalue weighted by molar-refractivity contribution is -0.133. The van der Waals surface area contributed by atoms with E-state index in [-0.39, 0.29) is 17.9 Å². The summed E-state index contributed by atoms with van der Waals surface area (Å²) < 4.78 is 9.85. The molecule has 0 heterocycles. The number of hydrogen-bond acceptors (Lipinski definition) is 4. The summed E-state index contributed by atoms with van der Waals surface area (Å²) in [5, 5.41) is 9.37. The van der Waals surface area contributed by atoms with Gasteiger partial charge in [-0.2, -0.15) is 0 Å². The van der Waals surface area contributed by atoms with Gasteiger partial charge in [-0.05, 0) is 19.1 Å². The van der Waals surface area contributed by atoms with Crippen molar-refractivity contribution in [3.05, 3.63) is 54.5 Å². The average molecular weight is 234 g/mol. The van der Waals surface area contributed by atoms with Crippen LogP contribution in [0, 0.1) is 0 Å². The van der Waals surface area contributed by atoms with Gasteiger partial charge in [-0.25, -0.2) is 4.79 Å². The monoisotopic (exact) mass is 234 g/mol. The Bertz CT molecular complexity index is 420. The molecule has 17 heavy (non-hydrogen) atoms. The van der Waals surface area contributed by atoms with Crippen LogP contribution in [-0.2, 0) is 9.53 Å². The molecule has 0 bridgehead atoms. The number of rotatable bonds is 5. The van der Waals surface area contributed by atoms with Gasteiger partial charge in [0.1, 0.15) is 18.6 Å². The molecule has 1 N–H and O–H groups in total. The second kappa shape index (κ2) is 6.37. The van der Waals surface area contributed by atoms with E-state index in [0.717, 1.165) is 6.26 Å². The first-order valence-corrected chi connectivity index (χ1v) is 5.02. The number of aliphatic hydroxyl groups excluding tert-OH is 1. The summed E-state index contributed by atoms with van der Waals surface area (Å²) in [7, 11) is 0. The minimum atomic E-state index is -0.587. The van der Waals surface area contributed by atoms with E-state index in [2.05, 4.69) is 11.3 Å². The van der Waals surface area contributed by atoms with Crippen LogP contribution in [0.2, 0.25) is 0 Å². The molecule has 0 aromatic heterocycles. The molecule has 0 saturated carbocycles. The van der Waals surface area contributed by atoms with Crippen molar-refractivity contribution in [2.24, 2.45) is 0 Å². The van der Waals surface area contributed by atoms with Crippen molar-refractivity contribution >= 4 is 5.97 Å². The maximum atomic E-state index is 11.0. The molecule has 1 rings (SSSR count). The summed E-state index contributed by atoms with van der Waals surface area (Å²) in [4.78, 5) is 11.0. The van der Waals surface area contributed by atoms with Gasteiger partial charge in [-0.3, -0.25) is 0 Å². The maximum absolute atomic E-state index is 11.0. The number of aliphatic hydroxyl groups is 1. The van der Waals surface area contributed by atoms with Gasteiger partial charge < -0.3 is 14.6 Å². The molecule has 0 aliphatic heterocycles. The van der Waals surface area contributed by atoms with Crippen molar-refractivity contribution in [3.8, 4) is 5.75 Å². The average Bonchev–Trinajstić information content (AvgIpc) is 2.34. The fourth-order valence-electron chi connectivity index (χ4n) is 0.930. The largest absolute Gasteiger partial charge is 0.506 e. The molecule has 1 aromatic rings. The van der Waals surface area contributed by atoms with E-state index in [1.54, 1.807) is 12.1 Å².